The molecule has 3 N–H and O–H groups in total. The van der Waals surface area contributed by atoms with Crippen molar-refractivity contribution in [1.29, 1.82) is 0 Å². The van der Waals surface area contributed by atoms with Gasteiger partial charge in [-0.1, -0.05) is 18.5 Å². The average Bonchev–Trinajstić information content (AvgIpc) is 2.45. The lowest BCUT2D eigenvalue weighted by atomic mass is 9.93. The van der Waals surface area contributed by atoms with Crippen molar-refractivity contribution < 1.29 is 4.74 Å². The number of nitrogens with two attached hydrogens (primary N) is 1. The zero-order chi connectivity index (χ0) is 15.9. The molecule has 2 atom stereocenters. The Bertz CT molecular complexity index is 453. The number of halogens is 1. The first-order valence-electron chi connectivity index (χ1n) is 7.95. The summed E-state index contributed by atoms with van der Waals surface area (Å²) in [5.41, 5.74) is 5.63. The number of anilines is 2. The number of nitrogens with zero attached hydrogens (tertiary/aromatic N) is 3. The number of nitrogen functional groups attached to an aromatic ring is 1. The lowest BCUT2D eigenvalue weighted by Crippen LogP contribution is -2.45. The normalized spacial score (nSPS) is 22.7. The molecule has 1 aliphatic heterocycles. The van der Waals surface area contributed by atoms with Gasteiger partial charge in [-0.15, -0.1) is 0 Å². The summed E-state index contributed by atoms with van der Waals surface area (Å²) in [6.07, 6.45) is 2.17. The van der Waals surface area contributed by atoms with Crippen LogP contribution in [0.1, 0.15) is 26.7 Å². The topological polar surface area (TPSA) is 76.3 Å². The van der Waals surface area contributed by atoms with Crippen molar-refractivity contribution in [3.05, 3.63) is 11.2 Å². The molecule has 0 spiro atoms. The summed E-state index contributed by atoms with van der Waals surface area (Å²) in [7, 11) is 0. The number of rotatable bonds is 7. The molecule has 0 amide bonds. The van der Waals surface area contributed by atoms with Crippen LogP contribution in [0.4, 0.5) is 11.8 Å². The van der Waals surface area contributed by atoms with E-state index in [2.05, 4.69) is 27.1 Å². The molecule has 0 bridgehead atoms. The van der Waals surface area contributed by atoms with Crippen molar-refractivity contribution >= 4 is 23.4 Å². The second-order valence-electron chi connectivity index (χ2n) is 5.80. The lowest BCUT2D eigenvalue weighted by Gasteiger charge is -2.37. The Morgan fingerprint density at radius 3 is 3.00 bits per heavy atom. The molecule has 7 heteroatoms. The Kier molecular flexibility index (Phi) is 6.67. The van der Waals surface area contributed by atoms with E-state index < -0.39 is 0 Å². The van der Waals surface area contributed by atoms with E-state index >= 15 is 0 Å². The first kappa shape index (κ1) is 17.2. The number of likely N-dealkylation sites (tertiary alicyclic amines) is 1. The van der Waals surface area contributed by atoms with Gasteiger partial charge in [-0.25, -0.2) is 4.98 Å². The predicted octanol–water partition coefficient (Wildman–Crippen LogP) is 2.26. The maximum atomic E-state index is 5.92. The summed E-state index contributed by atoms with van der Waals surface area (Å²) in [6, 6.07) is 2.10. The molecule has 6 nitrogen and oxygen atoms in total. The number of hydrogen-bond donors (Lipinski definition) is 2. The molecule has 0 aromatic carbocycles. The number of hydrogen-bond acceptors (Lipinski definition) is 6. The van der Waals surface area contributed by atoms with Gasteiger partial charge in [0.05, 0.1) is 0 Å². The van der Waals surface area contributed by atoms with Crippen LogP contribution in [0.3, 0.4) is 0 Å². The van der Waals surface area contributed by atoms with Gasteiger partial charge < -0.3 is 20.7 Å². The lowest BCUT2D eigenvalue weighted by molar-refractivity contribution is 0.117. The fraction of sp³-hybridized carbons (Fsp3) is 0.733. The van der Waals surface area contributed by atoms with E-state index in [1.165, 1.54) is 0 Å². The molecule has 0 radical (unpaired) electrons. The molecular weight excluding hydrogens is 302 g/mol. The Morgan fingerprint density at radius 2 is 2.32 bits per heavy atom. The van der Waals surface area contributed by atoms with Gasteiger partial charge in [0.15, 0.2) is 0 Å². The van der Waals surface area contributed by atoms with Gasteiger partial charge in [0.25, 0.3) is 0 Å². The minimum absolute atomic E-state index is 0.205. The maximum absolute atomic E-state index is 5.92. The van der Waals surface area contributed by atoms with Crippen LogP contribution in [-0.2, 0) is 4.74 Å². The van der Waals surface area contributed by atoms with E-state index in [1.807, 2.05) is 6.92 Å². The zero-order valence-corrected chi connectivity index (χ0v) is 14.1. The van der Waals surface area contributed by atoms with Crippen LogP contribution in [0.5, 0.6) is 0 Å². The van der Waals surface area contributed by atoms with E-state index in [0.29, 0.717) is 22.9 Å². The highest BCUT2D eigenvalue weighted by Crippen LogP contribution is 2.22. The minimum atomic E-state index is 0.205. The number of piperidine rings is 1. The third-order valence-corrected chi connectivity index (χ3v) is 4.20. The first-order valence-corrected chi connectivity index (χ1v) is 8.33. The van der Waals surface area contributed by atoms with E-state index in [0.717, 1.165) is 45.7 Å². The molecule has 1 aliphatic rings. The summed E-state index contributed by atoms with van der Waals surface area (Å²) in [5, 5.41) is 3.81. The van der Waals surface area contributed by atoms with Gasteiger partial charge in [0.2, 0.25) is 5.95 Å². The molecule has 1 saturated heterocycles. The Labute approximate surface area is 137 Å². The number of nitrogens with one attached hydrogen (secondary N) is 1. The first-order chi connectivity index (χ1) is 10.6. The van der Waals surface area contributed by atoms with Gasteiger partial charge >= 0.3 is 0 Å². The predicted molar refractivity (Wildman–Crippen MR) is 90.2 cm³/mol. The van der Waals surface area contributed by atoms with Crippen LogP contribution in [0.25, 0.3) is 0 Å². The molecule has 1 fully saturated rings. The summed E-state index contributed by atoms with van der Waals surface area (Å²) < 4.78 is 5.40. The summed E-state index contributed by atoms with van der Waals surface area (Å²) in [4.78, 5) is 10.6. The van der Waals surface area contributed by atoms with E-state index in [4.69, 9.17) is 22.1 Å². The minimum Gasteiger partial charge on any atom is -0.382 e. The fourth-order valence-electron chi connectivity index (χ4n) is 2.88. The summed E-state index contributed by atoms with van der Waals surface area (Å²) in [5.74, 6) is 1.45. The second kappa shape index (κ2) is 8.50. The van der Waals surface area contributed by atoms with Crippen LogP contribution >= 0.6 is 11.6 Å². The molecule has 2 heterocycles. The SMILES string of the molecule is CCOCCCN1CCC(Nc2cc(Cl)nc(N)n2)C(C)C1. The molecule has 2 unspecified atom stereocenters. The van der Waals surface area contributed by atoms with Crippen LogP contribution < -0.4 is 11.1 Å². The van der Waals surface area contributed by atoms with Gasteiger partial charge in [0.1, 0.15) is 11.0 Å². The van der Waals surface area contributed by atoms with Crippen LogP contribution in [0.2, 0.25) is 5.15 Å². The van der Waals surface area contributed by atoms with Gasteiger partial charge in [-0.3, -0.25) is 0 Å². The Hall–Kier alpha value is -1.11. The molecular formula is C15H26ClN5O. The van der Waals surface area contributed by atoms with Crippen LogP contribution in [0.15, 0.2) is 6.07 Å². The number of aromatic nitrogens is 2. The van der Waals surface area contributed by atoms with Gasteiger partial charge in [-0.05, 0) is 25.7 Å². The summed E-state index contributed by atoms with van der Waals surface area (Å²) >= 11 is 5.92. The van der Waals surface area contributed by atoms with Crippen molar-refractivity contribution in [2.75, 3.05) is 43.9 Å². The highest BCUT2D eigenvalue weighted by molar-refractivity contribution is 6.29. The maximum Gasteiger partial charge on any atom is 0.223 e. The number of ether oxygens (including phenoxy) is 1. The Morgan fingerprint density at radius 1 is 1.50 bits per heavy atom. The van der Waals surface area contributed by atoms with Crippen molar-refractivity contribution in [1.82, 2.24) is 14.9 Å². The van der Waals surface area contributed by atoms with E-state index in [1.54, 1.807) is 6.07 Å². The Balaban J connectivity index is 1.80. The molecule has 1 aromatic rings. The molecule has 124 valence electrons. The van der Waals surface area contributed by atoms with Crippen molar-refractivity contribution in [2.45, 2.75) is 32.7 Å². The standard InChI is InChI=1S/C15H26ClN5O/c1-3-22-8-4-6-21-7-5-12(11(2)10-21)18-14-9-13(16)19-15(17)20-14/h9,11-12H,3-8,10H2,1-2H3,(H3,17,18,19,20). The monoisotopic (exact) mass is 327 g/mol. The van der Waals surface area contributed by atoms with Crippen molar-refractivity contribution in [3.8, 4) is 0 Å². The average molecular weight is 328 g/mol. The van der Waals surface area contributed by atoms with Gasteiger partial charge in [0, 0.05) is 45.0 Å². The zero-order valence-electron chi connectivity index (χ0n) is 13.4. The van der Waals surface area contributed by atoms with E-state index in [-0.39, 0.29) is 5.95 Å². The molecule has 22 heavy (non-hydrogen) atoms. The smallest absolute Gasteiger partial charge is 0.223 e. The van der Waals surface area contributed by atoms with Crippen molar-refractivity contribution in [2.24, 2.45) is 5.92 Å². The third kappa shape index (κ3) is 5.26. The largest absolute Gasteiger partial charge is 0.382 e. The quantitative estimate of drug-likeness (QED) is 0.591. The molecule has 1 aromatic heterocycles. The van der Waals surface area contributed by atoms with Crippen molar-refractivity contribution in [3.63, 3.8) is 0 Å². The highest BCUT2D eigenvalue weighted by Gasteiger charge is 2.26. The molecule has 0 aliphatic carbocycles. The van der Waals surface area contributed by atoms with Gasteiger partial charge in [-0.2, -0.15) is 4.98 Å². The van der Waals surface area contributed by atoms with E-state index in [9.17, 15) is 0 Å². The van der Waals surface area contributed by atoms with Crippen LogP contribution in [-0.4, -0.2) is 53.8 Å². The fourth-order valence-corrected chi connectivity index (χ4v) is 3.07. The molecule has 0 saturated carbocycles. The van der Waals surface area contributed by atoms with Crippen LogP contribution in [0, 0.1) is 5.92 Å². The second-order valence-corrected chi connectivity index (χ2v) is 6.19. The molecule has 2 rings (SSSR count). The highest BCUT2D eigenvalue weighted by atomic mass is 35.5. The third-order valence-electron chi connectivity index (χ3n) is 4.00. The summed E-state index contributed by atoms with van der Waals surface area (Å²) in [6.45, 7) is 9.21.